The highest BCUT2D eigenvalue weighted by atomic mass is 31.1. The smallest absolute Gasteiger partial charge is 0.309 e. The van der Waals surface area contributed by atoms with E-state index in [4.69, 9.17) is 5.11 Å². The first-order chi connectivity index (χ1) is 7.15. The summed E-state index contributed by atoms with van der Waals surface area (Å²) in [6, 6.07) is 0. The Labute approximate surface area is 90.6 Å². The summed E-state index contributed by atoms with van der Waals surface area (Å²) >= 11 is 0. The molecule has 5 nitrogen and oxygen atoms in total. The Bertz CT molecular complexity index is 262. The third-order valence-electron chi connectivity index (χ3n) is 3.50. The molecule has 0 saturated carbocycles. The number of carboxylic acid groups (broad SMARTS) is 1. The van der Waals surface area contributed by atoms with E-state index in [1.807, 2.05) is 0 Å². The third kappa shape index (κ3) is 1.78. The molecule has 0 aromatic heterocycles. The van der Waals surface area contributed by atoms with Gasteiger partial charge in [0.05, 0.1) is 19.6 Å². The van der Waals surface area contributed by atoms with Gasteiger partial charge in [0.2, 0.25) is 0 Å². The second kappa shape index (κ2) is 3.39. The van der Waals surface area contributed by atoms with Gasteiger partial charge in [0.25, 0.3) is 0 Å². The van der Waals surface area contributed by atoms with Crippen molar-refractivity contribution in [2.45, 2.75) is 6.42 Å². The molecule has 2 atom stereocenters. The van der Waals surface area contributed by atoms with Gasteiger partial charge in [-0.25, -0.2) is 9.80 Å². The van der Waals surface area contributed by atoms with Gasteiger partial charge in [-0.15, -0.1) is 0 Å². The Hall–Kier alpha value is -0.220. The Morgan fingerprint density at radius 3 is 2.53 bits per heavy atom. The lowest BCUT2D eigenvalue weighted by atomic mass is 10.3. The summed E-state index contributed by atoms with van der Waals surface area (Å²) in [5, 5.41) is 8.78. The van der Waals surface area contributed by atoms with Gasteiger partial charge in [0.1, 0.15) is 19.6 Å². The summed E-state index contributed by atoms with van der Waals surface area (Å²) in [6.07, 6.45) is 4.16. The fourth-order valence-corrected chi connectivity index (χ4v) is 6.13. The average Bonchev–Trinajstić information content (AvgIpc) is 2.12. The van der Waals surface area contributed by atoms with Crippen molar-refractivity contribution in [3.63, 3.8) is 0 Å². The van der Waals surface area contributed by atoms with Crippen LogP contribution in [0.15, 0.2) is 0 Å². The maximum absolute atomic E-state index is 10.7. The largest absolute Gasteiger partial charge is 0.481 e. The molecular weight excluding hydrogens is 213 g/mol. The number of hydrogen-bond acceptors (Lipinski definition) is 3. The minimum absolute atomic E-state index is 0.140. The van der Waals surface area contributed by atoms with Crippen LogP contribution in [0.25, 0.3) is 0 Å². The molecule has 0 spiro atoms. The maximum Gasteiger partial charge on any atom is 0.309 e. The average molecular weight is 230 g/mol. The standard InChI is InChI=1S/C9H16N3O2P/c13-9(14)1-2-12-4-10-3-11(5-12)7-15(6-10)8-12/h1-8H2/p+1. The first-order valence-electron chi connectivity index (χ1n) is 5.39. The van der Waals surface area contributed by atoms with Gasteiger partial charge >= 0.3 is 5.97 Å². The van der Waals surface area contributed by atoms with E-state index < -0.39 is 5.97 Å². The Morgan fingerprint density at radius 1 is 1.33 bits per heavy atom. The Kier molecular flexibility index (Phi) is 2.25. The minimum atomic E-state index is -0.651. The van der Waals surface area contributed by atoms with Crippen LogP contribution >= 0.6 is 7.92 Å². The molecule has 15 heavy (non-hydrogen) atoms. The van der Waals surface area contributed by atoms with Gasteiger partial charge < -0.3 is 5.11 Å². The summed E-state index contributed by atoms with van der Waals surface area (Å²) in [5.41, 5.74) is 0. The van der Waals surface area contributed by atoms with E-state index in [2.05, 4.69) is 9.80 Å². The van der Waals surface area contributed by atoms with Crippen molar-refractivity contribution in [2.75, 3.05) is 45.4 Å². The lowest BCUT2D eigenvalue weighted by Gasteiger charge is -2.59. The maximum atomic E-state index is 10.7. The number of hydrogen-bond donors (Lipinski definition) is 1. The lowest BCUT2D eigenvalue weighted by molar-refractivity contribution is -0.948. The molecular formula is C9H17N3O2P+. The molecule has 4 fully saturated rings. The predicted molar refractivity (Wildman–Crippen MR) is 57.2 cm³/mol. The van der Waals surface area contributed by atoms with E-state index in [-0.39, 0.29) is 7.92 Å². The molecule has 2 unspecified atom stereocenters. The van der Waals surface area contributed by atoms with Crippen molar-refractivity contribution in [2.24, 2.45) is 0 Å². The van der Waals surface area contributed by atoms with Crippen LogP contribution in [0.4, 0.5) is 0 Å². The van der Waals surface area contributed by atoms with Crippen molar-refractivity contribution >= 4 is 13.9 Å². The number of quaternary nitrogens is 1. The van der Waals surface area contributed by atoms with Gasteiger partial charge in [0.15, 0.2) is 0 Å². The molecule has 4 bridgehead atoms. The zero-order valence-electron chi connectivity index (χ0n) is 8.80. The Morgan fingerprint density at radius 2 is 2.00 bits per heavy atom. The zero-order valence-corrected chi connectivity index (χ0v) is 9.70. The van der Waals surface area contributed by atoms with Crippen molar-refractivity contribution in [1.82, 2.24) is 9.80 Å². The first-order valence-corrected chi connectivity index (χ1v) is 7.29. The van der Waals surface area contributed by atoms with Crippen LogP contribution in [-0.4, -0.2) is 70.8 Å². The molecule has 4 aliphatic heterocycles. The van der Waals surface area contributed by atoms with Crippen molar-refractivity contribution < 1.29 is 14.4 Å². The molecule has 0 aromatic rings. The van der Waals surface area contributed by atoms with Crippen LogP contribution in [0.1, 0.15) is 6.42 Å². The summed E-state index contributed by atoms with van der Waals surface area (Å²) < 4.78 is 1.03. The number of aliphatic carboxylic acids is 1. The minimum Gasteiger partial charge on any atom is -0.481 e. The van der Waals surface area contributed by atoms with Crippen molar-refractivity contribution in [3.8, 4) is 0 Å². The van der Waals surface area contributed by atoms with Gasteiger partial charge in [-0.3, -0.25) is 9.28 Å². The lowest BCUT2D eigenvalue weighted by Crippen LogP contribution is -2.72. The van der Waals surface area contributed by atoms with Crippen LogP contribution in [0.2, 0.25) is 0 Å². The topological polar surface area (TPSA) is 43.8 Å². The van der Waals surface area contributed by atoms with E-state index in [9.17, 15) is 4.79 Å². The first kappa shape index (κ1) is 9.97. The molecule has 4 saturated heterocycles. The molecule has 0 radical (unpaired) electrons. The van der Waals surface area contributed by atoms with Crippen molar-refractivity contribution in [1.29, 1.82) is 0 Å². The highest BCUT2D eigenvalue weighted by Gasteiger charge is 2.49. The van der Waals surface area contributed by atoms with Crippen LogP contribution in [0, 0.1) is 0 Å². The molecule has 1 N–H and O–H groups in total. The molecule has 6 heteroatoms. The van der Waals surface area contributed by atoms with Gasteiger partial charge in [-0.2, -0.15) is 0 Å². The van der Waals surface area contributed by atoms with Gasteiger partial charge in [-0.05, 0) is 7.92 Å². The fourth-order valence-electron chi connectivity index (χ4n) is 3.20. The number of rotatable bonds is 3. The second-order valence-electron chi connectivity index (χ2n) is 5.07. The summed E-state index contributed by atoms with van der Waals surface area (Å²) in [6.45, 7) is 4.11. The highest BCUT2D eigenvalue weighted by Crippen LogP contribution is 2.50. The molecule has 4 rings (SSSR count). The Balaban J connectivity index is 1.72. The number of carbonyl (C=O) groups is 1. The van der Waals surface area contributed by atoms with E-state index >= 15 is 0 Å². The molecule has 84 valence electrons. The quantitative estimate of drug-likeness (QED) is 0.553. The van der Waals surface area contributed by atoms with E-state index in [0.29, 0.717) is 6.42 Å². The zero-order chi connectivity index (χ0) is 10.5. The van der Waals surface area contributed by atoms with Crippen LogP contribution in [-0.2, 0) is 4.79 Å². The SMILES string of the molecule is O=C(O)CC[N+]12CN3CN(CP(C3)C1)C2. The fraction of sp³-hybridized carbons (Fsp3) is 0.889. The van der Waals surface area contributed by atoms with Gasteiger partial charge in [-0.1, -0.05) is 0 Å². The van der Waals surface area contributed by atoms with E-state index in [1.54, 1.807) is 0 Å². The molecule has 4 heterocycles. The molecule has 4 aliphatic rings. The summed E-state index contributed by atoms with van der Waals surface area (Å²) in [7, 11) is 0.140. The number of nitrogens with zero attached hydrogens (tertiary/aromatic N) is 3. The van der Waals surface area contributed by atoms with Crippen LogP contribution < -0.4 is 0 Å². The summed E-state index contributed by atoms with van der Waals surface area (Å²) in [5.74, 6) is -0.651. The van der Waals surface area contributed by atoms with Gasteiger partial charge in [0, 0.05) is 12.6 Å². The molecule has 0 aliphatic carbocycles. The molecule has 0 aromatic carbocycles. The van der Waals surface area contributed by atoms with Crippen LogP contribution in [0.3, 0.4) is 0 Å². The third-order valence-corrected chi connectivity index (χ3v) is 6.10. The number of carboxylic acids is 1. The predicted octanol–water partition coefficient (Wildman–Crippen LogP) is 0.150. The highest BCUT2D eigenvalue weighted by molar-refractivity contribution is 7.57. The van der Waals surface area contributed by atoms with Crippen molar-refractivity contribution in [3.05, 3.63) is 0 Å². The monoisotopic (exact) mass is 230 g/mol. The normalized spacial score (nSPS) is 47.1. The van der Waals surface area contributed by atoms with E-state index in [1.165, 1.54) is 18.9 Å². The van der Waals surface area contributed by atoms with E-state index in [0.717, 1.165) is 31.0 Å². The molecule has 0 amide bonds. The summed E-state index contributed by atoms with van der Waals surface area (Å²) in [4.78, 5) is 15.7. The van der Waals surface area contributed by atoms with Crippen LogP contribution in [0.5, 0.6) is 0 Å². The second-order valence-corrected chi connectivity index (χ2v) is 7.26.